The molecule has 1 aromatic carbocycles. The molecule has 0 aliphatic heterocycles. The van der Waals surface area contributed by atoms with Crippen molar-refractivity contribution in [2.24, 2.45) is 0 Å². The van der Waals surface area contributed by atoms with Gasteiger partial charge >= 0.3 is 0 Å². The molecule has 3 rings (SSSR count). The fraction of sp³-hybridized carbons (Fsp3) is 0.294. The number of imidazole rings is 1. The lowest BCUT2D eigenvalue weighted by atomic mass is 10.2. The summed E-state index contributed by atoms with van der Waals surface area (Å²) in [7, 11) is 1.97. The molecule has 23 heavy (non-hydrogen) atoms. The van der Waals surface area contributed by atoms with Crippen molar-refractivity contribution in [3.63, 3.8) is 0 Å². The minimum Gasteiger partial charge on any atom is -0.357 e. The second-order valence-corrected chi connectivity index (χ2v) is 5.65. The van der Waals surface area contributed by atoms with Crippen LogP contribution >= 0.6 is 0 Å². The second-order valence-electron chi connectivity index (χ2n) is 5.65. The van der Waals surface area contributed by atoms with Gasteiger partial charge in [-0.2, -0.15) is 0 Å². The summed E-state index contributed by atoms with van der Waals surface area (Å²) < 4.78 is 15.3. The van der Waals surface area contributed by atoms with Gasteiger partial charge in [-0.15, -0.1) is 0 Å². The lowest BCUT2D eigenvalue weighted by Crippen LogP contribution is -2.21. The summed E-state index contributed by atoms with van der Waals surface area (Å²) in [6.45, 7) is 4.22. The van der Waals surface area contributed by atoms with Gasteiger partial charge in [0, 0.05) is 48.1 Å². The summed E-state index contributed by atoms with van der Waals surface area (Å²) in [5.41, 5.74) is 1.28. The van der Waals surface area contributed by atoms with Crippen molar-refractivity contribution >= 4 is 10.9 Å². The topological polar surface area (TPSA) is 53.9 Å². The third-order valence-corrected chi connectivity index (χ3v) is 3.84. The van der Waals surface area contributed by atoms with Crippen LogP contribution in [0.3, 0.4) is 0 Å². The number of benzene rings is 1. The van der Waals surface area contributed by atoms with Crippen LogP contribution in [-0.4, -0.2) is 26.5 Å². The maximum Gasteiger partial charge on any atom is 0.189 e. The van der Waals surface area contributed by atoms with Crippen molar-refractivity contribution in [3.8, 4) is 0 Å². The molecular weight excluding hydrogens is 295 g/mol. The molecule has 120 valence electrons. The molecule has 0 fully saturated rings. The molecule has 0 spiro atoms. The van der Waals surface area contributed by atoms with Gasteiger partial charge in [-0.1, -0.05) is 0 Å². The molecule has 2 heterocycles. The van der Waals surface area contributed by atoms with Gasteiger partial charge in [-0.25, -0.2) is 9.37 Å². The van der Waals surface area contributed by atoms with Gasteiger partial charge in [0.1, 0.15) is 11.6 Å². The van der Waals surface area contributed by atoms with Gasteiger partial charge in [0.2, 0.25) is 0 Å². The van der Waals surface area contributed by atoms with E-state index in [9.17, 15) is 9.18 Å². The summed E-state index contributed by atoms with van der Waals surface area (Å²) in [5, 5.41) is 0.373. The third kappa shape index (κ3) is 3.32. The highest BCUT2D eigenvalue weighted by Crippen LogP contribution is 2.12. The Balaban J connectivity index is 1.81. The van der Waals surface area contributed by atoms with E-state index >= 15 is 0 Å². The van der Waals surface area contributed by atoms with E-state index < -0.39 is 5.82 Å². The van der Waals surface area contributed by atoms with Crippen LogP contribution in [0.25, 0.3) is 10.9 Å². The fourth-order valence-electron chi connectivity index (χ4n) is 2.73. The van der Waals surface area contributed by atoms with Gasteiger partial charge in [-0.05, 0) is 32.2 Å². The first-order valence-electron chi connectivity index (χ1n) is 7.57. The molecule has 0 saturated carbocycles. The average molecular weight is 314 g/mol. The molecule has 0 saturated heterocycles. The van der Waals surface area contributed by atoms with E-state index in [0.29, 0.717) is 24.0 Å². The highest BCUT2D eigenvalue weighted by atomic mass is 19.1. The van der Waals surface area contributed by atoms with E-state index in [1.165, 1.54) is 18.2 Å². The van der Waals surface area contributed by atoms with Crippen molar-refractivity contribution < 1.29 is 4.39 Å². The Kier molecular flexibility index (Phi) is 4.25. The van der Waals surface area contributed by atoms with Crippen molar-refractivity contribution in [2.75, 3.05) is 7.05 Å². The molecule has 0 atom stereocenters. The molecule has 5 nitrogen and oxygen atoms in total. The average Bonchev–Trinajstić information content (AvgIpc) is 2.95. The number of hydrogen-bond acceptors (Lipinski definition) is 3. The predicted octanol–water partition coefficient (Wildman–Crippen LogP) is 2.52. The number of H-pyrrole nitrogens is 1. The Morgan fingerprint density at radius 2 is 2.13 bits per heavy atom. The molecule has 2 aromatic heterocycles. The van der Waals surface area contributed by atoms with Crippen LogP contribution in [0, 0.1) is 5.82 Å². The first-order chi connectivity index (χ1) is 11.1. The van der Waals surface area contributed by atoms with Gasteiger partial charge in [0.15, 0.2) is 5.43 Å². The van der Waals surface area contributed by atoms with Crippen LogP contribution in [0.15, 0.2) is 41.5 Å². The lowest BCUT2D eigenvalue weighted by Gasteiger charge is -2.17. The van der Waals surface area contributed by atoms with E-state index in [0.717, 1.165) is 18.1 Å². The number of aromatic amines is 1. The molecule has 3 aromatic rings. The van der Waals surface area contributed by atoms with Gasteiger partial charge in [0.05, 0.1) is 6.54 Å². The molecule has 0 bridgehead atoms. The van der Waals surface area contributed by atoms with E-state index in [2.05, 4.69) is 26.4 Å². The Bertz CT molecular complexity index is 884. The molecule has 6 heteroatoms. The number of rotatable bonds is 5. The predicted molar refractivity (Wildman–Crippen MR) is 87.6 cm³/mol. The third-order valence-electron chi connectivity index (χ3n) is 3.84. The summed E-state index contributed by atoms with van der Waals surface area (Å²) in [5.74, 6) is 0.583. The summed E-state index contributed by atoms with van der Waals surface area (Å²) in [6, 6.07) is 5.74. The van der Waals surface area contributed by atoms with Crippen LogP contribution in [0.4, 0.5) is 4.39 Å². The smallest absolute Gasteiger partial charge is 0.189 e. The van der Waals surface area contributed by atoms with Gasteiger partial charge in [0.25, 0.3) is 0 Å². The van der Waals surface area contributed by atoms with Crippen LogP contribution in [0.2, 0.25) is 0 Å². The molecule has 0 aliphatic rings. The van der Waals surface area contributed by atoms with Crippen molar-refractivity contribution in [1.82, 2.24) is 19.4 Å². The van der Waals surface area contributed by atoms with E-state index in [4.69, 9.17) is 0 Å². The number of aromatic nitrogens is 3. The number of fused-ring (bicyclic) bond motifs is 1. The second kappa shape index (κ2) is 6.34. The van der Waals surface area contributed by atoms with Crippen molar-refractivity contribution in [3.05, 3.63) is 64.2 Å². The number of aryl methyl sites for hydroxylation is 1. The zero-order valence-electron chi connectivity index (χ0n) is 13.2. The minimum atomic E-state index is -0.403. The largest absolute Gasteiger partial charge is 0.357 e. The Hall–Kier alpha value is -2.47. The molecule has 0 aliphatic carbocycles. The monoisotopic (exact) mass is 314 g/mol. The van der Waals surface area contributed by atoms with Gasteiger partial charge < -0.3 is 9.55 Å². The van der Waals surface area contributed by atoms with Crippen LogP contribution in [0.5, 0.6) is 0 Å². The fourth-order valence-corrected chi connectivity index (χ4v) is 2.73. The van der Waals surface area contributed by atoms with E-state index in [-0.39, 0.29) is 5.43 Å². The van der Waals surface area contributed by atoms with E-state index in [1.807, 2.05) is 13.2 Å². The van der Waals surface area contributed by atoms with Crippen molar-refractivity contribution in [2.45, 2.75) is 26.6 Å². The molecule has 1 N–H and O–H groups in total. The van der Waals surface area contributed by atoms with Gasteiger partial charge in [-0.3, -0.25) is 9.69 Å². The maximum absolute atomic E-state index is 13.2. The molecule has 0 unspecified atom stereocenters. The Morgan fingerprint density at radius 3 is 2.91 bits per heavy atom. The van der Waals surface area contributed by atoms with Crippen LogP contribution < -0.4 is 5.43 Å². The Labute approximate surface area is 133 Å². The Morgan fingerprint density at radius 1 is 1.30 bits per heavy atom. The number of halogens is 1. The lowest BCUT2D eigenvalue weighted by molar-refractivity contribution is 0.302. The zero-order valence-corrected chi connectivity index (χ0v) is 13.2. The SMILES string of the molecule is CCn1ccnc1CN(C)Cc1cc(=O)c2cc(F)ccc2[nH]1. The highest BCUT2D eigenvalue weighted by molar-refractivity contribution is 5.78. The quantitative estimate of drug-likeness (QED) is 0.787. The number of nitrogens with one attached hydrogen (secondary N) is 1. The van der Waals surface area contributed by atoms with E-state index in [1.54, 1.807) is 12.3 Å². The first kappa shape index (κ1) is 15.4. The number of pyridine rings is 1. The summed E-state index contributed by atoms with van der Waals surface area (Å²) in [4.78, 5) is 21.8. The summed E-state index contributed by atoms with van der Waals surface area (Å²) in [6.07, 6.45) is 3.74. The standard InChI is InChI=1S/C17H19FN4O/c1-3-22-7-6-19-17(22)11-21(2)10-13-9-16(23)14-8-12(18)4-5-15(14)20-13/h4-9H,3,10-11H2,1-2H3,(H,20,23). The molecule has 0 radical (unpaired) electrons. The number of hydrogen-bond donors (Lipinski definition) is 1. The molecular formula is C17H19FN4O. The first-order valence-corrected chi connectivity index (χ1v) is 7.57. The molecule has 0 amide bonds. The van der Waals surface area contributed by atoms with Crippen molar-refractivity contribution in [1.29, 1.82) is 0 Å². The maximum atomic E-state index is 13.2. The minimum absolute atomic E-state index is 0.170. The van der Waals surface area contributed by atoms with Crippen LogP contribution in [0.1, 0.15) is 18.4 Å². The summed E-state index contributed by atoms with van der Waals surface area (Å²) >= 11 is 0. The normalized spacial score (nSPS) is 11.5. The van der Waals surface area contributed by atoms with Crippen LogP contribution in [-0.2, 0) is 19.6 Å². The number of nitrogens with zero attached hydrogens (tertiary/aromatic N) is 3. The highest BCUT2D eigenvalue weighted by Gasteiger charge is 2.09. The zero-order chi connectivity index (χ0) is 16.4.